The first kappa shape index (κ1) is 14.7. The van der Waals surface area contributed by atoms with Gasteiger partial charge in [-0.3, -0.25) is 0 Å². The fourth-order valence-corrected chi connectivity index (χ4v) is 1.14. The van der Waals surface area contributed by atoms with Gasteiger partial charge in [-0.2, -0.15) is 0 Å². The van der Waals surface area contributed by atoms with E-state index in [2.05, 4.69) is 0 Å². The zero-order chi connectivity index (χ0) is 11.3. The second kappa shape index (κ2) is 7.09. The molecule has 1 N–H and O–H groups in total. The Morgan fingerprint density at radius 3 is 2.38 bits per heavy atom. The van der Waals surface area contributed by atoms with E-state index in [0.717, 1.165) is 0 Å². The van der Waals surface area contributed by atoms with Crippen LogP contribution in [0.3, 0.4) is 0 Å². The molecule has 1 unspecified atom stereocenters. The van der Waals surface area contributed by atoms with Crippen molar-refractivity contribution < 1.29 is 19.4 Å². The maximum absolute atomic E-state index is 10.6. The zero-order valence-electron chi connectivity index (χ0n) is 9.17. The molecule has 0 spiro atoms. The summed E-state index contributed by atoms with van der Waals surface area (Å²) in [5.74, 6) is -0.347. The number of carboxylic acid groups (broad SMARTS) is 1. The number of hydrogen-bond acceptors (Lipinski definition) is 3. The molecule has 1 rings (SSSR count). The Balaban J connectivity index is 0.00000225. The third-order valence-corrected chi connectivity index (χ3v) is 1.80. The molecule has 0 fully saturated rings. The molecule has 1 atom stereocenters. The van der Waals surface area contributed by atoms with E-state index in [4.69, 9.17) is 14.6 Å². The summed E-state index contributed by atoms with van der Waals surface area (Å²) in [6.07, 6.45) is -0.328. The fraction of sp³-hybridized carbons (Fsp3) is 0.364. The molecule has 0 radical (unpaired) electrons. The van der Waals surface area contributed by atoms with Crippen molar-refractivity contribution in [2.75, 3.05) is 6.61 Å². The van der Waals surface area contributed by atoms with Gasteiger partial charge < -0.3 is 14.6 Å². The molecule has 0 bridgehead atoms. The topological polar surface area (TPSA) is 55.8 Å². The molecule has 0 aliphatic carbocycles. The normalized spacial score (nSPS) is 11.4. The molecule has 0 aliphatic rings. The summed E-state index contributed by atoms with van der Waals surface area (Å²) in [6.45, 7) is 4.25. The molecule has 16 heavy (non-hydrogen) atoms. The van der Waals surface area contributed by atoms with Crippen molar-refractivity contribution >= 4 is 18.4 Å². The van der Waals surface area contributed by atoms with E-state index >= 15 is 0 Å². The van der Waals surface area contributed by atoms with Gasteiger partial charge in [0.2, 0.25) is 0 Å². The van der Waals surface area contributed by atoms with Crippen molar-refractivity contribution in [3.05, 3.63) is 29.8 Å². The first-order chi connectivity index (χ1) is 7.13. The standard InChI is InChI=1S/C11H14O4.ClH/c1-3-14-8(2)15-10-6-4-9(5-7-10)11(12)13;/h4-8H,3H2,1-2H3,(H,12,13);1H. The monoisotopic (exact) mass is 246 g/mol. The molecule has 0 aliphatic heterocycles. The van der Waals surface area contributed by atoms with E-state index in [-0.39, 0.29) is 24.3 Å². The number of ether oxygens (including phenoxy) is 2. The summed E-state index contributed by atoms with van der Waals surface area (Å²) in [5, 5.41) is 8.68. The van der Waals surface area contributed by atoms with Gasteiger partial charge in [-0.05, 0) is 38.1 Å². The molecule has 0 aromatic heterocycles. The third-order valence-electron chi connectivity index (χ3n) is 1.80. The molecule has 0 heterocycles. The van der Waals surface area contributed by atoms with Crippen LogP contribution in [0, 0.1) is 0 Å². The van der Waals surface area contributed by atoms with Crippen molar-refractivity contribution in [1.82, 2.24) is 0 Å². The summed E-state index contributed by atoms with van der Waals surface area (Å²) in [7, 11) is 0. The highest BCUT2D eigenvalue weighted by Crippen LogP contribution is 2.14. The fourth-order valence-electron chi connectivity index (χ4n) is 1.14. The van der Waals surface area contributed by atoms with Crippen molar-refractivity contribution in [2.24, 2.45) is 0 Å². The second-order valence-electron chi connectivity index (χ2n) is 2.97. The second-order valence-corrected chi connectivity index (χ2v) is 2.97. The number of carbonyl (C=O) groups is 1. The van der Waals surface area contributed by atoms with Gasteiger partial charge in [-0.1, -0.05) is 0 Å². The Kier molecular flexibility index (Phi) is 6.53. The minimum absolute atomic E-state index is 0. The van der Waals surface area contributed by atoms with Gasteiger partial charge in [0.25, 0.3) is 0 Å². The largest absolute Gasteiger partial charge is 0.478 e. The van der Waals surface area contributed by atoms with Gasteiger partial charge in [-0.25, -0.2) is 4.79 Å². The molecule has 0 amide bonds. The maximum Gasteiger partial charge on any atom is 0.335 e. The first-order valence-electron chi connectivity index (χ1n) is 4.75. The Morgan fingerprint density at radius 1 is 1.38 bits per heavy atom. The van der Waals surface area contributed by atoms with Crippen molar-refractivity contribution in [1.29, 1.82) is 0 Å². The Labute approximate surface area is 101 Å². The SMILES string of the molecule is CCOC(C)Oc1ccc(C(=O)O)cc1.Cl. The number of benzene rings is 1. The highest BCUT2D eigenvalue weighted by molar-refractivity contribution is 5.87. The molecule has 0 saturated heterocycles. The lowest BCUT2D eigenvalue weighted by atomic mass is 10.2. The lowest BCUT2D eigenvalue weighted by Gasteiger charge is -2.14. The lowest BCUT2D eigenvalue weighted by molar-refractivity contribution is -0.0613. The predicted molar refractivity (Wildman–Crippen MR) is 62.4 cm³/mol. The van der Waals surface area contributed by atoms with Crippen LogP contribution in [0.25, 0.3) is 0 Å². The maximum atomic E-state index is 10.6. The molecule has 0 saturated carbocycles. The molecule has 90 valence electrons. The van der Waals surface area contributed by atoms with Crippen molar-refractivity contribution in [3.8, 4) is 5.75 Å². The minimum Gasteiger partial charge on any atom is -0.478 e. The highest BCUT2D eigenvalue weighted by atomic mass is 35.5. The van der Waals surface area contributed by atoms with Crippen LogP contribution in [-0.2, 0) is 4.74 Å². The third kappa shape index (κ3) is 4.51. The number of hydrogen-bond donors (Lipinski definition) is 1. The summed E-state index contributed by atoms with van der Waals surface area (Å²) < 4.78 is 10.6. The highest BCUT2D eigenvalue weighted by Gasteiger charge is 2.05. The molecule has 4 nitrogen and oxygen atoms in total. The minimum atomic E-state index is -0.945. The van der Waals surface area contributed by atoms with Crippen LogP contribution >= 0.6 is 12.4 Å². The predicted octanol–water partition coefficient (Wildman–Crippen LogP) is 2.57. The van der Waals surface area contributed by atoms with E-state index in [1.165, 1.54) is 12.1 Å². The summed E-state index contributed by atoms with van der Waals surface area (Å²) in [4.78, 5) is 10.6. The molecular weight excluding hydrogens is 232 g/mol. The summed E-state index contributed by atoms with van der Waals surface area (Å²) >= 11 is 0. The Morgan fingerprint density at radius 2 is 1.94 bits per heavy atom. The van der Waals surface area contributed by atoms with Gasteiger partial charge in [0, 0.05) is 6.61 Å². The van der Waals surface area contributed by atoms with Crippen molar-refractivity contribution in [3.63, 3.8) is 0 Å². The van der Waals surface area contributed by atoms with E-state index in [1.54, 1.807) is 19.1 Å². The molecule has 5 heteroatoms. The van der Waals surface area contributed by atoms with Crippen LogP contribution < -0.4 is 4.74 Å². The van der Waals surface area contributed by atoms with Crippen LogP contribution in [0.1, 0.15) is 24.2 Å². The van der Waals surface area contributed by atoms with Crippen LogP contribution in [0.5, 0.6) is 5.75 Å². The Hall–Kier alpha value is -1.26. The van der Waals surface area contributed by atoms with E-state index in [9.17, 15) is 4.79 Å². The quantitative estimate of drug-likeness (QED) is 0.812. The van der Waals surface area contributed by atoms with E-state index in [0.29, 0.717) is 12.4 Å². The molecular formula is C11H15ClO4. The molecule has 1 aromatic rings. The van der Waals surface area contributed by atoms with Gasteiger partial charge >= 0.3 is 5.97 Å². The number of aromatic carboxylic acids is 1. The summed E-state index contributed by atoms with van der Waals surface area (Å²) in [5.41, 5.74) is 0.242. The zero-order valence-corrected chi connectivity index (χ0v) is 9.99. The van der Waals surface area contributed by atoms with Crippen LogP contribution in [0.15, 0.2) is 24.3 Å². The number of rotatable bonds is 5. The molecule has 1 aromatic carbocycles. The first-order valence-corrected chi connectivity index (χ1v) is 4.75. The van der Waals surface area contributed by atoms with E-state index < -0.39 is 5.97 Å². The van der Waals surface area contributed by atoms with Gasteiger partial charge in [0.15, 0.2) is 6.29 Å². The Bertz CT molecular complexity index is 323. The van der Waals surface area contributed by atoms with Gasteiger partial charge in [-0.15, -0.1) is 12.4 Å². The van der Waals surface area contributed by atoms with Crippen LogP contribution in [0.2, 0.25) is 0 Å². The van der Waals surface area contributed by atoms with E-state index in [1.807, 2.05) is 6.92 Å². The number of carboxylic acids is 1. The lowest BCUT2D eigenvalue weighted by Crippen LogP contribution is -2.15. The number of halogens is 1. The van der Waals surface area contributed by atoms with Crippen LogP contribution in [0.4, 0.5) is 0 Å². The average molecular weight is 247 g/mol. The van der Waals surface area contributed by atoms with Crippen LogP contribution in [-0.4, -0.2) is 24.0 Å². The smallest absolute Gasteiger partial charge is 0.335 e. The average Bonchev–Trinajstić information content (AvgIpc) is 2.18. The van der Waals surface area contributed by atoms with Gasteiger partial charge in [0.05, 0.1) is 5.56 Å². The van der Waals surface area contributed by atoms with Crippen molar-refractivity contribution in [2.45, 2.75) is 20.1 Å². The van der Waals surface area contributed by atoms with Gasteiger partial charge in [0.1, 0.15) is 5.75 Å². The summed E-state index contributed by atoms with van der Waals surface area (Å²) in [6, 6.07) is 6.21.